The molecule has 4 aromatic rings. The Balaban J connectivity index is 1.64. The maximum Gasteiger partial charge on any atom is 0.274 e. The summed E-state index contributed by atoms with van der Waals surface area (Å²) in [6, 6.07) is 16.1. The maximum atomic E-state index is 12.4. The number of phenolic OH excluding ortho intramolecular Hbond substituents is 1. The van der Waals surface area contributed by atoms with Crippen LogP contribution in [0.5, 0.6) is 11.5 Å². The van der Waals surface area contributed by atoms with Crippen LogP contribution in [-0.2, 0) is 13.0 Å². The van der Waals surface area contributed by atoms with E-state index >= 15 is 0 Å². The predicted molar refractivity (Wildman–Crippen MR) is 101 cm³/mol. The van der Waals surface area contributed by atoms with Crippen molar-refractivity contribution in [3.05, 3.63) is 76.2 Å². The SMILES string of the molecule is CCc1c(O)cccc1OCc1cc(=O)n2[nH]c(-c3ccccc3)nc2n1. The molecule has 0 aliphatic heterocycles. The van der Waals surface area contributed by atoms with Crippen molar-refractivity contribution in [1.82, 2.24) is 19.6 Å². The summed E-state index contributed by atoms with van der Waals surface area (Å²) in [4.78, 5) is 21.2. The summed E-state index contributed by atoms with van der Waals surface area (Å²) in [5.74, 6) is 1.62. The van der Waals surface area contributed by atoms with E-state index in [4.69, 9.17) is 4.74 Å². The fourth-order valence-electron chi connectivity index (χ4n) is 2.92. The molecule has 0 amide bonds. The molecule has 0 aliphatic rings. The molecular formula is C20H18N4O3. The lowest BCUT2D eigenvalue weighted by Gasteiger charge is -2.11. The number of benzene rings is 2. The van der Waals surface area contributed by atoms with E-state index in [0.29, 0.717) is 23.7 Å². The fraction of sp³-hybridized carbons (Fsp3) is 0.150. The van der Waals surface area contributed by atoms with Crippen molar-refractivity contribution in [2.45, 2.75) is 20.0 Å². The van der Waals surface area contributed by atoms with E-state index in [2.05, 4.69) is 15.1 Å². The third-order valence-electron chi connectivity index (χ3n) is 4.27. The molecular weight excluding hydrogens is 344 g/mol. The van der Waals surface area contributed by atoms with Gasteiger partial charge >= 0.3 is 0 Å². The predicted octanol–water partition coefficient (Wildman–Crippen LogP) is 2.93. The highest BCUT2D eigenvalue weighted by Crippen LogP contribution is 2.28. The van der Waals surface area contributed by atoms with Crippen molar-refractivity contribution in [3.8, 4) is 22.9 Å². The summed E-state index contributed by atoms with van der Waals surface area (Å²) < 4.78 is 7.08. The molecule has 7 heteroatoms. The lowest BCUT2D eigenvalue weighted by Crippen LogP contribution is -2.16. The number of aromatic hydroxyl groups is 1. The molecule has 0 atom stereocenters. The summed E-state index contributed by atoms with van der Waals surface area (Å²) in [7, 11) is 0. The number of rotatable bonds is 5. The van der Waals surface area contributed by atoms with E-state index < -0.39 is 0 Å². The van der Waals surface area contributed by atoms with Gasteiger partial charge in [-0.25, -0.2) is 4.98 Å². The summed E-state index contributed by atoms with van der Waals surface area (Å²) >= 11 is 0. The van der Waals surface area contributed by atoms with Crippen molar-refractivity contribution in [2.75, 3.05) is 0 Å². The molecule has 27 heavy (non-hydrogen) atoms. The summed E-state index contributed by atoms with van der Waals surface area (Å²) in [6.07, 6.45) is 0.636. The number of hydrogen-bond acceptors (Lipinski definition) is 5. The van der Waals surface area contributed by atoms with Crippen molar-refractivity contribution in [1.29, 1.82) is 0 Å². The van der Waals surface area contributed by atoms with Gasteiger partial charge in [0.2, 0.25) is 0 Å². The first-order valence-electron chi connectivity index (χ1n) is 8.63. The zero-order valence-corrected chi connectivity index (χ0v) is 14.7. The van der Waals surface area contributed by atoms with Crippen LogP contribution in [0.15, 0.2) is 59.4 Å². The molecule has 136 valence electrons. The van der Waals surface area contributed by atoms with Crippen LogP contribution in [0.25, 0.3) is 17.2 Å². The number of aromatic nitrogens is 4. The lowest BCUT2D eigenvalue weighted by atomic mass is 10.1. The van der Waals surface area contributed by atoms with Crippen LogP contribution in [0.4, 0.5) is 0 Å². The van der Waals surface area contributed by atoms with Gasteiger partial charge in [0, 0.05) is 17.2 Å². The summed E-state index contributed by atoms with van der Waals surface area (Å²) in [5, 5.41) is 12.9. The van der Waals surface area contributed by atoms with Gasteiger partial charge in [0.15, 0.2) is 5.82 Å². The maximum absolute atomic E-state index is 12.4. The first kappa shape index (κ1) is 16.8. The number of ether oxygens (including phenoxy) is 1. The Kier molecular flexibility index (Phi) is 4.33. The topological polar surface area (TPSA) is 92.5 Å². The minimum atomic E-state index is -0.264. The largest absolute Gasteiger partial charge is 0.508 e. The van der Waals surface area contributed by atoms with E-state index in [1.165, 1.54) is 10.6 Å². The number of aromatic amines is 1. The van der Waals surface area contributed by atoms with Gasteiger partial charge in [0.25, 0.3) is 11.3 Å². The van der Waals surface area contributed by atoms with E-state index in [9.17, 15) is 9.90 Å². The van der Waals surface area contributed by atoms with Crippen LogP contribution in [0.3, 0.4) is 0 Å². The number of fused-ring (bicyclic) bond motifs is 1. The van der Waals surface area contributed by atoms with Gasteiger partial charge < -0.3 is 9.84 Å². The van der Waals surface area contributed by atoms with Gasteiger partial charge in [0.1, 0.15) is 18.1 Å². The number of nitrogens with one attached hydrogen (secondary N) is 1. The van der Waals surface area contributed by atoms with E-state index in [-0.39, 0.29) is 23.7 Å². The quantitative estimate of drug-likeness (QED) is 0.569. The van der Waals surface area contributed by atoms with Crippen molar-refractivity contribution < 1.29 is 9.84 Å². The van der Waals surface area contributed by atoms with Crippen LogP contribution in [0.1, 0.15) is 18.2 Å². The first-order chi connectivity index (χ1) is 13.2. The normalized spacial score (nSPS) is 11.0. The second-order valence-corrected chi connectivity index (χ2v) is 6.06. The molecule has 0 saturated carbocycles. The second kappa shape index (κ2) is 6.95. The van der Waals surface area contributed by atoms with Gasteiger partial charge in [0.05, 0.1) is 5.69 Å². The fourth-order valence-corrected chi connectivity index (χ4v) is 2.92. The molecule has 2 aromatic heterocycles. The second-order valence-electron chi connectivity index (χ2n) is 6.06. The van der Waals surface area contributed by atoms with E-state index in [1.54, 1.807) is 18.2 Å². The Bertz CT molecular complexity index is 1150. The Morgan fingerprint density at radius 2 is 1.93 bits per heavy atom. The van der Waals surface area contributed by atoms with Crippen LogP contribution in [0.2, 0.25) is 0 Å². The third-order valence-corrected chi connectivity index (χ3v) is 4.27. The molecule has 2 N–H and O–H groups in total. The smallest absolute Gasteiger partial charge is 0.274 e. The van der Waals surface area contributed by atoms with Gasteiger partial charge in [-0.05, 0) is 18.6 Å². The number of hydrogen-bond donors (Lipinski definition) is 2. The zero-order valence-electron chi connectivity index (χ0n) is 14.7. The van der Waals surface area contributed by atoms with Crippen LogP contribution >= 0.6 is 0 Å². The minimum absolute atomic E-state index is 0.107. The van der Waals surface area contributed by atoms with Crippen molar-refractivity contribution in [3.63, 3.8) is 0 Å². The number of nitrogens with zero attached hydrogens (tertiary/aromatic N) is 3. The number of H-pyrrole nitrogens is 1. The van der Waals surface area contributed by atoms with Gasteiger partial charge in [-0.15, -0.1) is 0 Å². The molecule has 0 spiro atoms. The molecule has 7 nitrogen and oxygen atoms in total. The van der Waals surface area contributed by atoms with Gasteiger partial charge in [-0.3, -0.25) is 9.89 Å². The third kappa shape index (κ3) is 3.27. The average molecular weight is 362 g/mol. The minimum Gasteiger partial charge on any atom is -0.508 e. The van der Waals surface area contributed by atoms with E-state index in [0.717, 1.165) is 11.1 Å². The number of phenols is 1. The molecule has 2 aromatic carbocycles. The molecule has 2 heterocycles. The van der Waals surface area contributed by atoms with E-state index in [1.807, 2.05) is 37.3 Å². The Labute approximate surface area is 154 Å². The van der Waals surface area contributed by atoms with Crippen molar-refractivity contribution in [2.24, 2.45) is 0 Å². The Morgan fingerprint density at radius 3 is 2.70 bits per heavy atom. The standard InChI is InChI=1S/C20H18N4O3/c1-2-15-16(25)9-6-10-17(15)27-12-14-11-18(26)24-20(21-14)22-19(23-24)13-7-4-3-5-8-13/h3-11,25H,2,12H2,1H3,(H,21,22,23). The molecule has 0 fully saturated rings. The lowest BCUT2D eigenvalue weighted by molar-refractivity contribution is 0.296. The summed E-state index contributed by atoms with van der Waals surface area (Å²) in [6.45, 7) is 2.04. The molecule has 0 unspecified atom stereocenters. The highest BCUT2D eigenvalue weighted by Gasteiger charge is 2.11. The van der Waals surface area contributed by atoms with Gasteiger partial charge in [-0.1, -0.05) is 43.3 Å². The Hall–Kier alpha value is -3.61. The van der Waals surface area contributed by atoms with Gasteiger partial charge in [-0.2, -0.15) is 9.50 Å². The molecule has 0 radical (unpaired) electrons. The zero-order chi connectivity index (χ0) is 18.8. The van der Waals surface area contributed by atoms with Crippen LogP contribution in [-0.4, -0.2) is 24.7 Å². The Morgan fingerprint density at radius 1 is 1.11 bits per heavy atom. The van der Waals surface area contributed by atoms with Crippen LogP contribution < -0.4 is 10.3 Å². The van der Waals surface area contributed by atoms with Crippen LogP contribution in [0, 0.1) is 0 Å². The highest BCUT2D eigenvalue weighted by atomic mass is 16.5. The average Bonchev–Trinajstić information content (AvgIpc) is 3.12. The molecule has 4 rings (SSSR count). The molecule has 0 aliphatic carbocycles. The monoisotopic (exact) mass is 362 g/mol. The van der Waals surface area contributed by atoms with Crippen molar-refractivity contribution >= 4 is 5.78 Å². The first-order valence-corrected chi connectivity index (χ1v) is 8.63. The molecule has 0 bridgehead atoms. The summed E-state index contributed by atoms with van der Waals surface area (Å²) in [5.41, 5.74) is 1.80. The highest BCUT2D eigenvalue weighted by molar-refractivity contribution is 5.56. The molecule has 0 saturated heterocycles.